The summed E-state index contributed by atoms with van der Waals surface area (Å²) in [5, 5.41) is 10.6. The molecule has 0 spiro atoms. The summed E-state index contributed by atoms with van der Waals surface area (Å²) < 4.78 is 25.8. The van der Waals surface area contributed by atoms with Crippen molar-refractivity contribution in [2.45, 2.75) is 18.6 Å². The summed E-state index contributed by atoms with van der Waals surface area (Å²) in [4.78, 5) is 21.6. The maximum atomic E-state index is 11.5. The molecule has 17 heavy (non-hydrogen) atoms. The highest BCUT2D eigenvalue weighted by Crippen LogP contribution is 2.14. The molecular formula is C9H17NO6S. The SMILES string of the molecule is CC(C)(C(=O)NCCOCC(=O)O)S(C)(=O)=O. The van der Waals surface area contributed by atoms with Crippen LogP contribution >= 0.6 is 0 Å². The van der Waals surface area contributed by atoms with Crippen molar-refractivity contribution in [2.75, 3.05) is 26.0 Å². The van der Waals surface area contributed by atoms with Crippen LogP contribution in [0.1, 0.15) is 13.8 Å². The highest BCUT2D eigenvalue weighted by Gasteiger charge is 2.38. The number of aliphatic carboxylic acids is 1. The fraction of sp³-hybridized carbons (Fsp3) is 0.778. The quantitative estimate of drug-likeness (QED) is 0.574. The predicted octanol–water partition coefficient (Wildman–Crippen LogP) is -0.973. The Hall–Kier alpha value is -1.15. The van der Waals surface area contributed by atoms with Gasteiger partial charge in [-0.2, -0.15) is 0 Å². The van der Waals surface area contributed by atoms with Crippen molar-refractivity contribution in [1.29, 1.82) is 0 Å². The van der Waals surface area contributed by atoms with E-state index >= 15 is 0 Å². The van der Waals surface area contributed by atoms with E-state index in [2.05, 4.69) is 10.1 Å². The summed E-state index contributed by atoms with van der Waals surface area (Å²) >= 11 is 0. The standard InChI is InChI=1S/C9H17NO6S/c1-9(2,17(3,14)15)8(13)10-4-5-16-6-7(11)12/h4-6H2,1-3H3,(H,10,13)(H,11,12). The van der Waals surface area contributed by atoms with Crippen LogP contribution in [-0.4, -0.2) is 56.2 Å². The molecular weight excluding hydrogens is 250 g/mol. The molecule has 0 aromatic rings. The molecule has 0 unspecified atom stereocenters. The summed E-state index contributed by atoms with van der Waals surface area (Å²) in [6, 6.07) is 0. The van der Waals surface area contributed by atoms with Gasteiger partial charge in [-0.25, -0.2) is 13.2 Å². The van der Waals surface area contributed by atoms with E-state index < -0.39 is 33.1 Å². The largest absolute Gasteiger partial charge is 0.480 e. The van der Waals surface area contributed by atoms with Crippen molar-refractivity contribution in [2.24, 2.45) is 0 Å². The summed E-state index contributed by atoms with van der Waals surface area (Å²) in [6.45, 7) is 2.22. The minimum atomic E-state index is -3.50. The molecule has 0 saturated carbocycles. The third-order valence-corrected chi connectivity index (χ3v) is 4.27. The van der Waals surface area contributed by atoms with Crippen LogP contribution in [0.25, 0.3) is 0 Å². The molecule has 0 aliphatic rings. The Morgan fingerprint density at radius 3 is 2.29 bits per heavy atom. The Kier molecular flexibility index (Phi) is 5.56. The minimum absolute atomic E-state index is 0.0118. The molecule has 0 aromatic heterocycles. The van der Waals surface area contributed by atoms with Crippen molar-refractivity contribution in [3.63, 3.8) is 0 Å². The third kappa shape index (κ3) is 5.14. The van der Waals surface area contributed by atoms with Crippen molar-refractivity contribution in [1.82, 2.24) is 5.32 Å². The van der Waals surface area contributed by atoms with Gasteiger partial charge < -0.3 is 15.2 Å². The van der Waals surface area contributed by atoms with Crippen molar-refractivity contribution >= 4 is 21.7 Å². The molecule has 7 nitrogen and oxygen atoms in total. The van der Waals surface area contributed by atoms with Crippen LogP contribution in [0.2, 0.25) is 0 Å². The highest BCUT2D eigenvalue weighted by atomic mass is 32.2. The van der Waals surface area contributed by atoms with Gasteiger partial charge in [-0.05, 0) is 13.8 Å². The molecule has 0 fully saturated rings. The molecule has 1 amide bonds. The van der Waals surface area contributed by atoms with Gasteiger partial charge >= 0.3 is 5.97 Å². The molecule has 100 valence electrons. The average Bonchev–Trinajstić information content (AvgIpc) is 2.14. The van der Waals surface area contributed by atoms with E-state index in [-0.39, 0.29) is 13.2 Å². The van der Waals surface area contributed by atoms with Crippen molar-refractivity contribution in [3.8, 4) is 0 Å². The van der Waals surface area contributed by atoms with E-state index in [1.165, 1.54) is 13.8 Å². The van der Waals surface area contributed by atoms with Crippen LogP contribution in [0, 0.1) is 0 Å². The Labute approximate surface area is 100 Å². The molecule has 0 heterocycles. The van der Waals surface area contributed by atoms with E-state index in [1.54, 1.807) is 0 Å². The maximum Gasteiger partial charge on any atom is 0.329 e. The van der Waals surface area contributed by atoms with E-state index in [0.717, 1.165) is 6.26 Å². The Morgan fingerprint density at radius 1 is 1.35 bits per heavy atom. The number of hydrogen-bond acceptors (Lipinski definition) is 5. The summed E-state index contributed by atoms with van der Waals surface area (Å²) in [5.74, 6) is -1.74. The van der Waals surface area contributed by atoms with E-state index in [1.807, 2.05) is 0 Å². The highest BCUT2D eigenvalue weighted by molar-refractivity contribution is 7.92. The molecule has 0 rings (SSSR count). The van der Waals surface area contributed by atoms with E-state index in [9.17, 15) is 18.0 Å². The normalized spacial score (nSPS) is 12.2. The first-order valence-corrected chi connectivity index (χ1v) is 6.75. The molecule has 2 N–H and O–H groups in total. The molecule has 8 heteroatoms. The van der Waals surface area contributed by atoms with Crippen LogP contribution < -0.4 is 5.32 Å². The fourth-order valence-corrected chi connectivity index (χ4v) is 1.19. The lowest BCUT2D eigenvalue weighted by Gasteiger charge is -2.21. The monoisotopic (exact) mass is 267 g/mol. The smallest absolute Gasteiger partial charge is 0.329 e. The van der Waals surface area contributed by atoms with E-state index in [0.29, 0.717) is 0 Å². The second-order valence-corrected chi connectivity index (χ2v) is 6.55. The second-order valence-electron chi connectivity index (χ2n) is 3.98. The molecule has 0 aromatic carbocycles. The Morgan fingerprint density at radius 2 is 1.88 bits per heavy atom. The number of carboxylic acids is 1. The molecule has 0 atom stereocenters. The number of amides is 1. The summed E-state index contributed by atoms with van der Waals surface area (Å²) in [5.41, 5.74) is 0. The molecule has 0 aliphatic carbocycles. The first kappa shape index (κ1) is 15.9. The minimum Gasteiger partial charge on any atom is -0.480 e. The van der Waals surface area contributed by atoms with Gasteiger partial charge in [-0.15, -0.1) is 0 Å². The zero-order valence-electron chi connectivity index (χ0n) is 10.0. The fourth-order valence-electron chi connectivity index (χ4n) is 0.777. The van der Waals surface area contributed by atoms with Gasteiger partial charge in [-0.3, -0.25) is 4.79 Å². The lowest BCUT2D eigenvalue weighted by molar-refractivity contribution is -0.142. The van der Waals surface area contributed by atoms with Gasteiger partial charge in [0.15, 0.2) is 9.84 Å². The van der Waals surface area contributed by atoms with Crippen LogP contribution in [-0.2, 0) is 24.2 Å². The van der Waals surface area contributed by atoms with E-state index in [4.69, 9.17) is 5.11 Å². The molecule has 0 bridgehead atoms. The van der Waals surface area contributed by atoms with Gasteiger partial charge in [0.05, 0.1) is 6.61 Å². The Balaban J connectivity index is 4.08. The predicted molar refractivity (Wildman–Crippen MR) is 60.4 cm³/mol. The Bertz CT molecular complexity index is 386. The number of hydrogen-bond donors (Lipinski definition) is 2. The van der Waals surface area contributed by atoms with Crippen molar-refractivity contribution in [3.05, 3.63) is 0 Å². The zero-order valence-corrected chi connectivity index (χ0v) is 10.8. The first-order chi connectivity index (χ1) is 7.59. The number of ether oxygens (including phenoxy) is 1. The van der Waals surface area contributed by atoms with Gasteiger partial charge in [0, 0.05) is 12.8 Å². The summed E-state index contributed by atoms with van der Waals surface area (Å²) in [6.07, 6.45) is 0.980. The molecule has 0 aliphatic heterocycles. The zero-order chi connectivity index (χ0) is 13.7. The van der Waals surface area contributed by atoms with Gasteiger partial charge in [-0.1, -0.05) is 0 Å². The van der Waals surface area contributed by atoms with Crippen LogP contribution in [0.15, 0.2) is 0 Å². The maximum absolute atomic E-state index is 11.5. The number of rotatable bonds is 7. The molecule has 0 saturated heterocycles. The lowest BCUT2D eigenvalue weighted by atomic mass is 10.2. The van der Waals surface area contributed by atoms with Gasteiger partial charge in [0.2, 0.25) is 5.91 Å². The van der Waals surface area contributed by atoms with Gasteiger partial charge in [0.25, 0.3) is 0 Å². The van der Waals surface area contributed by atoms with Crippen LogP contribution in [0.3, 0.4) is 0 Å². The number of carboxylic acid groups (broad SMARTS) is 1. The van der Waals surface area contributed by atoms with Crippen LogP contribution in [0.5, 0.6) is 0 Å². The lowest BCUT2D eigenvalue weighted by Crippen LogP contribution is -2.48. The summed E-state index contributed by atoms with van der Waals surface area (Å²) in [7, 11) is -3.50. The number of carbonyl (C=O) groups is 2. The number of nitrogens with one attached hydrogen (secondary N) is 1. The third-order valence-electron chi connectivity index (χ3n) is 2.23. The van der Waals surface area contributed by atoms with Gasteiger partial charge in [0.1, 0.15) is 11.4 Å². The number of sulfone groups is 1. The topological polar surface area (TPSA) is 110 Å². The average molecular weight is 267 g/mol. The number of carbonyl (C=O) groups excluding carboxylic acids is 1. The van der Waals surface area contributed by atoms with Crippen LogP contribution in [0.4, 0.5) is 0 Å². The first-order valence-electron chi connectivity index (χ1n) is 4.86. The second kappa shape index (κ2) is 5.97. The molecule has 0 radical (unpaired) electrons. The van der Waals surface area contributed by atoms with Crippen molar-refractivity contribution < 1.29 is 27.9 Å².